The molecule has 1 aromatic rings. The van der Waals surface area contributed by atoms with Gasteiger partial charge in [-0.15, -0.1) is 0 Å². The predicted molar refractivity (Wildman–Crippen MR) is 116 cm³/mol. The average Bonchev–Trinajstić information content (AvgIpc) is 2.74. The minimum absolute atomic E-state index is 0.0300. The van der Waals surface area contributed by atoms with Crippen LogP contribution in [0.15, 0.2) is 30.3 Å². The molecule has 1 amide bonds. The molecule has 0 aliphatic heterocycles. The van der Waals surface area contributed by atoms with Gasteiger partial charge in [-0.05, 0) is 55.6 Å². The molecule has 1 fully saturated rings. The van der Waals surface area contributed by atoms with Crippen LogP contribution in [0.1, 0.15) is 56.8 Å². The number of ether oxygens (including phenoxy) is 3. The zero-order chi connectivity index (χ0) is 21.9. The van der Waals surface area contributed by atoms with Crippen molar-refractivity contribution >= 4 is 11.9 Å². The highest BCUT2D eigenvalue weighted by Gasteiger charge is 2.41. The number of nitrogens with one attached hydrogen (secondary N) is 1. The molecule has 0 aromatic heterocycles. The molecule has 0 spiro atoms. The highest BCUT2D eigenvalue weighted by molar-refractivity contribution is 5.89. The van der Waals surface area contributed by atoms with E-state index in [1.807, 2.05) is 18.2 Å². The van der Waals surface area contributed by atoms with E-state index in [9.17, 15) is 9.59 Å². The molecular weight excluding hydrogens is 382 g/mol. The third-order valence-corrected chi connectivity index (χ3v) is 6.21. The lowest BCUT2D eigenvalue weighted by atomic mass is 9.70. The van der Waals surface area contributed by atoms with Gasteiger partial charge in [0.25, 0.3) is 0 Å². The Hall–Kier alpha value is -1.92. The van der Waals surface area contributed by atoms with E-state index in [1.54, 1.807) is 26.2 Å². The molecule has 1 aliphatic carbocycles. The topological polar surface area (TPSA) is 73.9 Å². The number of rotatable bonds is 11. The van der Waals surface area contributed by atoms with Gasteiger partial charge in [-0.2, -0.15) is 0 Å². The van der Waals surface area contributed by atoms with E-state index >= 15 is 0 Å². The summed E-state index contributed by atoms with van der Waals surface area (Å²) in [6, 6.07) is 9.03. The molecule has 1 aliphatic rings. The maximum absolute atomic E-state index is 12.3. The Morgan fingerprint density at radius 2 is 1.73 bits per heavy atom. The summed E-state index contributed by atoms with van der Waals surface area (Å²) in [6.45, 7) is 7.64. The summed E-state index contributed by atoms with van der Waals surface area (Å²) in [5.41, 5.74) is 0.564. The lowest BCUT2D eigenvalue weighted by Crippen LogP contribution is -2.55. The smallest absolute Gasteiger partial charge is 0.338 e. The molecule has 0 bridgehead atoms. The summed E-state index contributed by atoms with van der Waals surface area (Å²) in [5.74, 6) is 0.376. The monoisotopic (exact) mass is 419 g/mol. The van der Waals surface area contributed by atoms with Crippen molar-refractivity contribution in [3.8, 4) is 0 Å². The first-order valence-corrected chi connectivity index (χ1v) is 11.0. The van der Waals surface area contributed by atoms with Gasteiger partial charge in [0.15, 0.2) is 0 Å². The number of carbonyl (C=O) groups excluding carboxylic acids is 2. The minimum Gasteiger partial charge on any atom is -0.462 e. The van der Waals surface area contributed by atoms with Crippen molar-refractivity contribution in [2.75, 3.05) is 26.9 Å². The van der Waals surface area contributed by atoms with Crippen molar-refractivity contribution in [2.24, 2.45) is 17.8 Å². The molecule has 1 N–H and O–H groups in total. The van der Waals surface area contributed by atoms with E-state index in [4.69, 9.17) is 14.2 Å². The third kappa shape index (κ3) is 7.40. The van der Waals surface area contributed by atoms with E-state index in [0.29, 0.717) is 24.7 Å². The summed E-state index contributed by atoms with van der Waals surface area (Å²) in [7, 11) is 1.71. The van der Waals surface area contributed by atoms with Crippen LogP contribution in [0.2, 0.25) is 0 Å². The lowest BCUT2D eigenvalue weighted by Gasteiger charge is -2.44. The van der Waals surface area contributed by atoms with Gasteiger partial charge in [0.1, 0.15) is 0 Å². The van der Waals surface area contributed by atoms with Crippen LogP contribution in [0.5, 0.6) is 0 Å². The van der Waals surface area contributed by atoms with E-state index in [1.165, 1.54) is 0 Å². The number of esters is 1. The molecule has 1 saturated carbocycles. The molecule has 0 radical (unpaired) electrons. The zero-order valence-corrected chi connectivity index (χ0v) is 18.8. The molecule has 168 valence electrons. The van der Waals surface area contributed by atoms with Crippen LogP contribution in [-0.4, -0.2) is 51.0 Å². The Bertz CT molecular complexity index is 650. The first-order chi connectivity index (χ1) is 14.4. The number of benzene rings is 1. The van der Waals surface area contributed by atoms with Gasteiger partial charge >= 0.3 is 5.97 Å². The summed E-state index contributed by atoms with van der Waals surface area (Å²) >= 11 is 0. The summed E-state index contributed by atoms with van der Waals surface area (Å²) in [6.07, 6.45) is 3.71. The quantitative estimate of drug-likeness (QED) is 0.436. The van der Waals surface area contributed by atoms with Gasteiger partial charge in [0.05, 0.1) is 24.3 Å². The Balaban J connectivity index is 1.94. The fraction of sp³-hybridized carbons (Fsp3) is 0.667. The normalized spacial score (nSPS) is 26.2. The SMILES string of the molecule is COCCCCCO[C@@H]1CC(COC(=O)c2ccccc2)[C@H](C)[C@H](C)C1NC(C)=O. The second kappa shape index (κ2) is 12.7. The van der Waals surface area contributed by atoms with Crippen molar-refractivity contribution in [1.82, 2.24) is 5.32 Å². The van der Waals surface area contributed by atoms with Crippen LogP contribution in [-0.2, 0) is 19.0 Å². The van der Waals surface area contributed by atoms with Crippen molar-refractivity contribution in [3.63, 3.8) is 0 Å². The molecule has 0 saturated heterocycles. The molecule has 5 atom stereocenters. The molecular formula is C24H37NO5. The molecule has 0 heterocycles. The van der Waals surface area contributed by atoms with Crippen LogP contribution < -0.4 is 5.32 Å². The van der Waals surface area contributed by atoms with E-state index in [0.717, 1.165) is 32.3 Å². The van der Waals surface area contributed by atoms with Gasteiger partial charge in [0, 0.05) is 27.2 Å². The van der Waals surface area contributed by atoms with Gasteiger partial charge in [-0.25, -0.2) is 4.79 Å². The third-order valence-electron chi connectivity index (χ3n) is 6.21. The molecule has 2 rings (SSSR count). The molecule has 2 unspecified atom stereocenters. The zero-order valence-electron chi connectivity index (χ0n) is 18.8. The number of carbonyl (C=O) groups is 2. The highest BCUT2D eigenvalue weighted by Crippen LogP contribution is 2.37. The first-order valence-electron chi connectivity index (χ1n) is 11.0. The second-order valence-electron chi connectivity index (χ2n) is 8.37. The molecule has 6 nitrogen and oxygen atoms in total. The van der Waals surface area contributed by atoms with Gasteiger partial charge < -0.3 is 19.5 Å². The maximum Gasteiger partial charge on any atom is 0.338 e. The van der Waals surface area contributed by atoms with Crippen molar-refractivity contribution < 1.29 is 23.8 Å². The predicted octanol–water partition coefficient (Wildman–Crippen LogP) is 3.84. The molecule has 30 heavy (non-hydrogen) atoms. The number of hydrogen-bond donors (Lipinski definition) is 1. The average molecular weight is 420 g/mol. The fourth-order valence-corrected chi connectivity index (χ4v) is 4.21. The Kier molecular flexibility index (Phi) is 10.3. The Morgan fingerprint density at radius 1 is 1.03 bits per heavy atom. The largest absolute Gasteiger partial charge is 0.462 e. The molecule has 1 aromatic carbocycles. The maximum atomic E-state index is 12.3. The number of hydrogen-bond acceptors (Lipinski definition) is 5. The van der Waals surface area contributed by atoms with Crippen LogP contribution in [0.4, 0.5) is 0 Å². The van der Waals surface area contributed by atoms with Crippen molar-refractivity contribution in [3.05, 3.63) is 35.9 Å². The van der Waals surface area contributed by atoms with Gasteiger partial charge in [-0.1, -0.05) is 32.0 Å². The van der Waals surface area contributed by atoms with Crippen molar-refractivity contribution in [2.45, 2.75) is 58.6 Å². The van der Waals surface area contributed by atoms with Crippen LogP contribution in [0, 0.1) is 17.8 Å². The van der Waals surface area contributed by atoms with Crippen LogP contribution in [0.25, 0.3) is 0 Å². The number of unbranched alkanes of at least 4 members (excludes halogenated alkanes) is 2. The fourth-order valence-electron chi connectivity index (χ4n) is 4.21. The Labute approximate surface area is 180 Å². The second-order valence-corrected chi connectivity index (χ2v) is 8.37. The van der Waals surface area contributed by atoms with Gasteiger partial charge in [0.2, 0.25) is 5.91 Å². The van der Waals surface area contributed by atoms with E-state index in [-0.39, 0.29) is 35.9 Å². The van der Waals surface area contributed by atoms with Crippen LogP contribution >= 0.6 is 0 Å². The summed E-state index contributed by atoms with van der Waals surface area (Å²) in [4.78, 5) is 24.1. The molecule has 6 heteroatoms. The van der Waals surface area contributed by atoms with Crippen molar-refractivity contribution in [1.29, 1.82) is 0 Å². The number of methoxy groups -OCH3 is 1. The first kappa shape index (κ1) is 24.4. The van der Waals surface area contributed by atoms with E-state index < -0.39 is 0 Å². The number of amides is 1. The van der Waals surface area contributed by atoms with Crippen LogP contribution in [0.3, 0.4) is 0 Å². The minimum atomic E-state index is -0.296. The summed E-state index contributed by atoms with van der Waals surface area (Å²) < 4.78 is 16.9. The highest BCUT2D eigenvalue weighted by atomic mass is 16.5. The lowest BCUT2D eigenvalue weighted by molar-refractivity contribution is -0.124. The summed E-state index contributed by atoms with van der Waals surface area (Å²) in [5, 5.41) is 3.09. The van der Waals surface area contributed by atoms with Gasteiger partial charge in [-0.3, -0.25) is 4.79 Å². The Morgan fingerprint density at radius 3 is 2.40 bits per heavy atom. The van der Waals surface area contributed by atoms with E-state index in [2.05, 4.69) is 19.2 Å². The standard InChI is InChI=1S/C24H37NO5/c1-17-18(2)23(25-19(3)26)22(29-14-10-6-9-13-28-4)15-21(17)16-30-24(27)20-11-7-5-8-12-20/h5,7-8,11-12,17-18,21-23H,6,9-10,13-16H2,1-4H3,(H,25,26)/t17-,18+,21?,22-,23?/m1/s1.